The minimum Gasteiger partial charge on any atom is -0.496 e. The van der Waals surface area contributed by atoms with Gasteiger partial charge >= 0.3 is 5.97 Å². The van der Waals surface area contributed by atoms with Gasteiger partial charge in [-0.2, -0.15) is 0 Å². The van der Waals surface area contributed by atoms with Crippen molar-refractivity contribution in [1.29, 1.82) is 0 Å². The van der Waals surface area contributed by atoms with Crippen LogP contribution in [0.4, 0.5) is 0 Å². The Kier molecular flexibility index (Phi) is 6.09. The summed E-state index contributed by atoms with van der Waals surface area (Å²) < 4.78 is 10.4. The van der Waals surface area contributed by atoms with Crippen LogP contribution in [0.15, 0.2) is 12.1 Å². The second-order valence-corrected chi connectivity index (χ2v) is 7.26. The molecule has 2 atom stereocenters. The van der Waals surface area contributed by atoms with Crippen molar-refractivity contribution in [3.8, 4) is 5.75 Å². The van der Waals surface area contributed by atoms with E-state index in [4.69, 9.17) is 9.47 Å². The minimum atomic E-state index is -0.907. The fourth-order valence-corrected chi connectivity index (χ4v) is 3.94. The molecule has 0 heterocycles. The molecule has 1 aromatic carbocycles. The molecule has 0 bridgehead atoms. The average Bonchev–Trinajstić information content (AvgIpc) is 2.56. The van der Waals surface area contributed by atoms with Gasteiger partial charge in [-0.3, -0.25) is 4.79 Å². The number of amides is 1. The molecule has 1 saturated carbocycles. The number of ether oxygens (including phenoxy) is 2. The van der Waals surface area contributed by atoms with E-state index in [1.807, 2.05) is 26.0 Å². The van der Waals surface area contributed by atoms with Gasteiger partial charge in [0.1, 0.15) is 11.3 Å². The van der Waals surface area contributed by atoms with Crippen molar-refractivity contribution in [2.45, 2.75) is 58.4 Å². The lowest BCUT2D eigenvalue weighted by Gasteiger charge is -2.38. The predicted molar refractivity (Wildman–Crippen MR) is 96.7 cm³/mol. The molecule has 2 rings (SSSR count). The summed E-state index contributed by atoms with van der Waals surface area (Å²) in [6, 6.07) is 3.96. The molecule has 0 spiro atoms. The lowest BCUT2D eigenvalue weighted by molar-refractivity contribution is -0.153. The Morgan fingerprint density at radius 1 is 1.28 bits per heavy atom. The molecule has 0 aliphatic heterocycles. The number of aryl methyl sites for hydroxylation is 2. The number of methoxy groups -OCH3 is 2. The highest BCUT2D eigenvalue weighted by Crippen LogP contribution is 2.33. The van der Waals surface area contributed by atoms with E-state index < -0.39 is 5.54 Å². The maximum atomic E-state index is 12.7. The molecular formula is C20H29NO4. The molecule has 0 radical (unpaired) electrons. The highest BCUT2D eigenvalue weighted by Gasteiger charge is 2.44. The summed E-state index contributed by atoms with van der Waals surface area (Å²) in [4.78, 5) is 25.1. The van der Waals surface area contributed by atoms with Crippen LogP contribution < -0.4 is 10.1 Å². The molecule has 1 N–H and O–H groups in total. The Morgan fingerprint density at radius 3 is 2.60 bits per heavy atom. The first-order valence-electron chi connectivity index (χ1n) is 8.85. The molecular weight excluding hydrogens is 318 g/mol. The maximum absolute atomic E-state index is 12.7. The summed E-state index contributed by atoms with van der Waals surface area (Å²) in [6.07, 6.45) is 3.40. The third kappa shape index (κ3) is 4.33. The number of hydrogen-bond donors (Lipinski definition) is 1. The molecule has 5 nitrogen and oxygen atoms in total. The number of hydrogen-bond acceptors (Lipinski definition) is 4. The van der Waals surface area contributed by atoms with Gasteiger partial charge in [0.05, 0.1) is 20.6 Å². The summed E-state index contributed by atoms with van der Waals surface area (Å²) in [5.74, 6) is 0.560. The van der Waals surface area contributed by atoms with Gasteiger partial charge in [-0.05, 0) is 49.8 Å². The highest BCUT2D eigenvalue weighted by molar-refractivity contribution is 5.89. The van der Waals surface area contributed by atoms with Gasteiger partial charge in [-0.15, -0.1) is 0 Å². The normalized spacial score (nSPS) is 23.0. The van der Waals surface area contributed by atoms with Crippen molar-refractivity contribution >= 4 is 11.9 Å². The standard InChI is InChI=1S/C20H29NO4/c1-13-7-6-8-20(12-13,19(23)25-5)21-18(22)11-16-15(3)9-14(2)10-17(16)24-4/h9-10,13H,6-8,11-12H2,1-5H3,(H,21,22). The van der Waals surface area contributed by atoms with Crippen molar-refractivity contribution in [2.24, 2.45) is 5.92 Å². The van der Waals surface area contributed by atoms with Crippen molar-refractivity contribution in [3.05, 3.63) is 28.8 Å². The summed E-state index contributed by atoms with van der Waals surface area (Å²) in [5.41, 5.74) is 2.05. The summed E-state index contributed by atoms with van der Waals surface area (Å²) >= 11 is 0. The minimum absolute atomic E-state index is 0.176. The number of carbonyl (C=O) groups excluding carboxylic acids is 2. The topological polar surface area (TPSA) is 64.6 Å². The first-order valence-corrected chi connectivity index (χ1v) is 8.85. The lowest BCUT2D eigenvalue weighted by Crippen LogP contribution is -2.57. The summed E-state index contributed by atoms with van der Waals surface area (Å²) in [6.45, 7) is 6.07. The Balaban J connectivity index is 2.21. The first kappa shape index (κ1) is 19.3. The van der Waals surface area contributed by atoms with Crippen molar-refractivity contribution in [3.63, 3.8) is 0 Å². The van der Waals surface area contributed by atoms with E-state index in [1.54, 1.807) is 7.11 Å². The molecule has 1 aliphatic carbocycles. The number of rotatable bonds is 5. The molecule has 0 aromatic heterocycles. The number of benzene rings is 1. The first-order chi connectivity index (χ1) is 11.8. The highest BCUT2D eigenvalue weighted by atomic mass is 16.5. The zero-order chi connectivity index (χ0) is 18.6. The third-order valence-electron chi connectivity index (χ3n) is 5.09. The van der Waals surface area contributed by atoms with E-state index in [0.717, 1.165) is 29.5 Å². The van der Waals surface area contributed by atoms with Crippen molar-refractivity contribution in [2.75, 3.05) is 14.2 Å². The molecule has 138 valence electrons. The molecule has 1 fully saturated rings. The summed E-state index contributed by atoms with van der Waals surface area (Å²) in [5, 5.41) is 2.99. The number of nitrogens with one attached hydrogen (secondary N) is 1. The molecule has 1 amide bonds. The van der Waals surface area contributed by atoms with Crippen LogP contribution in [0.1, 0.15) is 49.3 Å². The molecule has 5 heteroatoms. The lowest BCUT2D eigenvalue weighted by atomic mass is 9.76. The van der Waals surface area contributed by atoms with Crippen molar-refractivity contribution < 1.29 is 19.1 Å². The Morgan fingerprint density at radius 2 is 2.00 bits per heavy atom. The van der Waals surface area contributed by atoms with Crippen LogP contribution in [0.25, 0.3) is 0 Å². The van der Waals surface area contributed by atoms with E-state index >= 15 is 0 Å². The fraction of sp³-hybridized carbons (Fsp3) is 0.600. The zero-order valence-corrected chi connectivity index (χ0v) is 15.9. The Labute approximate surface area is 150 Å². The monoisotopic (exact) mass is 347 g/mol. The fourth-order valence-electron chi connectivity index (χ4n) is 3.94. The zero-order valence-electron chi connectivity index (χ0n) is 15.9. The molecule has 1 aromatic rings. The van der Waals surface area contributed by atoms with E-state index in [2.05, 4.69) is 12.2 Å². The van der Waals surface area contributed by atoms with Gasteiger partial charge in [0, 0.05) is 5.56 Å². The van der Waals surface area contributed by atoms with Crippen LogP contribution in [0.5, 0.6) is 5.75 Å². The molecule has 0 saturated heterocycles. The van der Waals surface area contributed by atoms with Gasteiger partial charge < -0.3 is 14.8 Å². The maximum Gasteiger partial charge on any atom is 0.331 e. The van der Waals surface area contributed by atoms with Crippen LogP contribution >= 0.6 is 0 Å². The van der Waals surface area contributed by atoms with Crippen LogP contribution in [0.2, 0.25) is 0 Å². The van der Waals surface area contributed by atoms with Gasteiger partial charge in [0.15, 0.2) is 0 Å². The van der Waals surface area contributed by atoms with E-state index in [9.17, 15) is 9.59 Å². The van der Waals surface area contributed by atoms with Crippen LogP contribution in [0, 0.1) is 19.8 Å². The average molecular weight is 347 g/mol. The predicted octanol–water partition coefficient (Wildman–Crippen LogP) is 3.09. The van der Waals surface area contributed by atoms with Crippen LogP contribution in [-0.4, -0.2) is 31.6 Å². The number of esters is 1. The van der Waals surface area contributed by atoms with Gasteiger partial charge in [-0.1, -0.05) is 25.8 Å². The van der Waals surface area contributed by atoms with Gasteiger partial charge in [-0.25, -0.2) is 4.79 Å². The largest absolute Gasteiger partial charge is 0.496 e. The second-order valence-electron chi connectivity index (χ2n) is 7.26. The second kappa shape index (κ2) is 7.89. The SMILES string of the molecule is COC(=O)C1(NC(=O)Cc2c(C)cc(C)cc2OC)CCCC(C)C1. The summed E-state index contributed by atoms with van der Waals surface area (Å²) in [7, 11) is 2.98. The van der Waals surface area contributed by atoms with Gasteiger partial charge in [0.2, 0.25) is 5.91 Å². The van der Waals surface area contributed by atoms with E-state index in [1.165, 1.54) is 7.11 Å². The van der Waals surface area contributed by atoms with Crippen LogP contribution in [-0.2, 0) is 20.7 Å². The number of carbonyl (C=O) groups is 2. The van der Waals surface area contributed by atoms with Crippen molar-refractivity contribution in [1.82, 2.24) is 5.32 Å². The van der Waals surface area contributed by atoms with E-state index in [-0.39, 0.29) is 18.3 Å². The molecule has 1 aliphatic rings. The molecule has 2 unspecified atom stereocenters. The van der Waals surface area contributed by atoms with E-state index in [0.29, 0.717) is 24.5 Å². The Hall–Kier alpha value is -2.04. The third-order valence-corrected chi connectivity index (χ3v) is 5.09. The molecule has 25 heavy (non-hydrogen) atoms. The van der Waals surface area contributed by atoms with Gasteiger partial charge in [0.25, 0.3) is 0 Å². The quantitative estimate of drug-likeness (QED) is 0.831. The van der Waals surface area contributed by atoms with Crippen LogP contribution in [0.3, 0.4) is 0 Å². The Bertz CT molecular complexity index is 655. The smallest absolute Gasteiger partial charge is 0.331 e.